The van der Waals surface area contributed by atoms with E-state index < -0.39 is 10.0 Å². The van der Waals surface area contributed by atoms with Gasteiger partial charge < -0.3 is 10.2 Å². The Kier molecular flexibility index (Phi) is 7.69. The maximum Gasteiger partial charge on any atom is 0.282 e. The third kappa shape index (κ3) is 5.91. The highest BCUT2D eigenvalue weighted by Crippen LogP contribution is 2.27. The number of anilines is 1. The predicted octanol–water partition coefficient (Wildman–Crippen LogP) is 4.40. The first kappa shape index (κ1) is 22.9. The van der Waals surface area contributed by atoms with Crippen molar-refractivity contribution in [2.75, 3.05) is 25.5 Å². The summed E-state index contributed by atoms with van der Waals surface area (Å²) in [7, 11) is -1.67. The minimum atomic E-state index is -3.75. The summed E-state index contributed by atoms with van der Waals surface area (Å²) in [5, 5.41) is 3.01. The van der Waals surface area contributed by atoms with E-state index in [0.29, 0.717) is 11.4 Å². The number of rotatable bonds is 5. The second-order valence-corrected chi connectivity index (χ2v) is 10.5. The zero-order chi connectivity index (χ0) is 21.7. The van der Waals surface area contributed by atoms with E-state index in [4.69, 9.17) is 0 Å². The normalized spacial score (nSPS) is 20.7. The van der Waals surface area contributed by atoms with Gasteiger partial charge in [0.05, 0.1) is 4.90 Å². The average molecular weight is 434 g/mol. The molecule has 1 amide bonds. The number of nitrogens with one attached hydrogen (secondary N) is 1. The molecule has 0 radical (unpaired) electrons. The van der Waals surface area contributed by atoms with Crippen LogP contribution in [0.1, 0.15) is 63.9 Å². The molecule has 0 atom stereocenters. The molecule has 0 bridgehead atoms. The van der Waals surface area contributed by atoms with Gasteiger partial charge in [-0.1, -0.05) is 25.7 Å². The van der Waals surface area contributed by atoms with Crippen LogP contribution in [0.2, 0.25) is 0 Å². The van der Waals surface area contributed by atoms with Gasteiger partial charge in [0.15, 0.2) is 0 Å². The molecular weight excluding hydrogens is 398 g/mol. The highest BCUT2D eigenvalue weighted by atomic mass is 32.2. The molecule has 1 aromatic rings. The standard InChI is InChI=1S/C23H35N3O3S/c1-17-16-21(30(28,29)25-18(2)19-12-14-26(3)15-13-19)10-11-22(17)24-23(27)20-8-6-4-5-7-9-20/h10-11,16,19-20H,4-9,12-15H2,1-3H3,(H,24,27)/b25-18-. The van der Waals surface area contributed by atoms with Crippen LogP contribution in [0.5, 0.6) is 0 Å². The number of aryl methyl sites for hydroxylation is 1. The molecule has 166 valence electrons. The van der Waals surface area contributed by atoms with Gasteiger partial charge in [-0.3, -0.25) is 4.79 Å². The largest absolute Gasteiger partial charge is 0.326 e. The summed E-state index contributed by atoms with van der Waals surface area (Å²) in [6, 6.07) is 4.86. The Morgan fingerprint density at radius 1 is 1.03 bits per heavy atom. The first-order valence-electron chi connectivity index (χ1n) is 11.2. The van der Waals surface area contributed by atoms with Crippen molar-refractivity contribution in [2.24, 2.45) is 16.2 Å². The zero-order valence-corrected chi connectivity index (χ0v) is 19.3. The fourth-order valence-electron chi connectivity index (χ4n) is 4.46. The number of hydrogen-bond donors (Lipinski definition) is 1. The lowest BCUT2D eigenvalue weighted by atomic mass is 9.93. The molecule has 30 heavy (non-hydrogen) atoms. The summed E-state index contributed by atoms with van der Waals surface area (Å²) in [6.45, 7) is 5.58. The van der Waals surface area contributed by atoms with E-state index in [-0.39, 0.29) is 22.6 Å². The minimum Gasteiger partial charge on any atom is -0.326 e. The second-order valence-electron chi connectivity index (χ2n) is 8.94. The van der Waals surface area contributed by atoms with Gasteiger partial charge in [0.25, 0.3) is 10.0 Å². The van der Waals surface area contributed by atoms with E-state index in [1.54, 1.807) is 18.2 Å². The van der Waals surface area contributed by atoms with Crippen LogP contribution in [-0.4, -0.2) is 45.1 Å². The molecular formula is C23H35N3O3S. The van der Waals surface area contributed by atoms with Crippen LogP contribution in [0, 0.1) is 18.8 Å². The monoisotopic (exact) mass is 433 g/mol. The highest BCUT2D eigenvalue weighted by molar-refractivity contribution is 7.90. The van der Waals surface area contributed by atoms with Gasteiger partial charge in [-0.15, -0.1) is 0 Å². The Bertz CT molecular complexity index is 879. The molecule has 0 aromatic heterocycles. The fourth-order valence-corrected chi connectivity index (χ4v) is 5.66. The van der Waals surface area contributed by atoms with Gasteiger partial charge in [0.2, 0.25) is 5.91 Å². The summed E-state index contributed by atoms with van der Waals surface area (Å²) < 4.78 is 29.8. The van der Waals surface area contributed by atoms with Crippen LogP contribution in [0.25, 0.3) is 0 Å². The number of hydrogen-bond acceptors (Lipinski definition) is 4. The molecule has 0 spiro atoms. The molecule has 0 unspecified atom stereocenters. The summed E-state index contributed by atoms with van der Waals surface area (Å²) in [4.78, 5) is 15.1. The number of carbonyl (C=O) groups is 1. The van der Waals surface area contributed by atoms with Gasteiger partial charge in [0, 0.05) is 23.2 Å². The van der Waals surface area contributed by atoms with E-state index >= 15 is 0 Å². The molecule has 1 heterocycles. The van der Waals surface area contributed by atoms with Gasteiger partial charge >= 0.3 is 0 Å². The smallest absolute Gasteiger partial charge is 0.282 e. The Morgan fingerprint density at radius 3 is 2.27 bits per heavy atom. The van der Waals surface area contributed by atoms with Crippen LogP contribution in [0.15, 0.2) is 27.5 Å². The lowest BCUT2D eigenvalue weighted by Gasteiger charge is -2.28. The number of sulfonamides is 1. The summed E-state index contributed by atoms with van der Waals surface area (Å²) in [6.07, 6.45) is 8.34. The van der Waals surface area contributed by atoms with Crippen molar-refractivity contribution in [1.29, 1.82) is 0 Å². The third-order valence-electron chi connectivity index (χ3n) is 6.55. The minimum absolute atomic E-state index is 0.0479. The second kappa shape index (κ2) is 10.1. The summed E-state index contributed by atoms with van der Waals surface area (Å²) in [5.74, 6) is 0.319. The van der Waals surface area contributed by atoms with Crippen molar-refractivity contribution in [3.63, 3.8) is 0 Å². The van der Waals surface area contributed by atoms with Crippen molar-refractivity contribution in [2.45, 2.75) is 70.1 Å². The van der Waals surface area contributed by atoms with Crippen molar-refractivity contribution >= 4 is 27.3 Å². The summed E-state index contributed by atoms with van der Waals surface area (Å²) >= 11 is 0. The molecule has 3 rings (SSSR count). The lowest BCUT2D eigenvalue weighted by molar-refractivity contribution is -0.120. The number of nitrogens with zero attached hydrogens (tertiary/aromatic N) is 2. The Hall–Kier alpha value is -1.73. The molecule has 1 aliphatic heterocycles. The number of benzene rings is 1. The van der Waals surface area contributed by atoms with E-state index in [0.717, 1.165) is 57.2 Å². The zero-order valence-electron chi connectivity index (χ0n) is 18.5. The molecule has 7 heteroatoms. The molecule has 1 saturated heterocycles. The lowest BCUT2D eigenvalue weighted by Crippen LogP contribution is -2.33. The van der Waals surface area contributed by atoms with Crippen LogP contribution in [0.3, 0.4) is 0 Å². The van der Waals surface area contributed by atoms with E-state index in [2.05, 4.69) is 21.7 Å². The molecule has 1 saturated carbocycles. The highest BCUT2D eigenvalue weighted by Gasteiger charge is 2.23. The van der Waals surface area contributed by atoms with E-state index in [1.807, 2.05) is 13.8 Å². The number of likely N-dealkylation sites (tertiary alicyclic amines) is 1. The first-order valence-corrected chi connectivity index (χ1v) is 12.6. The van der Waals surface area contributed by atoms with Gasteiger partial charge in [0.1, 0.15) is 0 Å². The molecule has 2 fully saturated rings. The van der Waals surface area contributed by atoms with Crippen LogP contribution < -0.4 is 5.32 Å². The van der Waals surface area contributed by atoms with Crippen LogP contribution >= 0.6 is 0 Å². The quantitative estimate of drug-likeness (QED) is 0.551. The SMILES string of the molecule is C/C(=N/S(=O)(=O)c1ccc(NC(=O)C2CCCCCC2)c(C)c1)C1CCN(C)CC1. The van der Waals surface area contributed by atoms with Crippen molar-refractivity contribution < 1.29 is 13.2 Å². The molecule has 2 aliphatic rings. The molecule has 1 aromatic carbocycles. The number of carbonyl (C=O) groups excluding carboxylic acids is 1. The maximum atomic E-state index is 12.8. The molecule has 1 N–H and O–H groups in total. The van der Waals surface area contributed by atoms with Crippen molar-refractivity contribution in [1.82, 2.24) is 4.90 Å². The molecule has 6 nitrogen and oxygen atoms in total. The fraction of sp³-hybridized carbons (Fsp3) is 0.652. The predicted molar refractivity (Wildman–Crippen MR) is 122 cm³/mol. The summed E-state index contributed by atoms with van der Waals surface area (Å²) in [5.41, 5.74) is 2.11. The van der Waals surface area contributed by atoms with Crippen molar-refractivity contribution in [3.05, 3.63) is 23.8 Å². The number of piperidine rings is 1. The van der Waals surface area contributed by atoms with Crippen molar-refractivity contribution in [3.8, 4) is 0 Å². The van der Waals surface area contributed by atoms with Gasteiger partial charge in [-0.05, 0) is 83.4 Å². The van der Waals surface area contributed by atoms with E-state index in [9.17, 15) is 13.2 Å². The third-order valence-corrected chi connectivity index (χ3v) is 7.93. The average Bonchev–Trinajstić information content (AvgIpc) is 2.99. The van der Waals surface area contributed by atoms with Gasteiger partial charge in [-0.25, -0.2) is 0 Å². The topological polar surface area (TPSA) is 78.8 Å². The first-order chi connectivity index (χ1) is 14.3. The number of amides is 1. The maximum absolute atomic E-state index is 12.8. The van der Waals surface area contributed by atoms with Gasteiger partial charge in [-0.2, -0.15) is 12.8 Å². The van der Waals surface area contributed by atoms with Crippen LogP contribution in [0.4, 0.5) is 5.69 Å². The van der Waals surface area contributed by atoms with E-state index in [1.165, 1.54) is 12.8 Å². The Morgan fingerprint density at radius 2 is 1.67 bits per heavy atom. The Labute approximate surface area is 181 Å². The van der Waals surface area contributed by atoms with Crippen LogP contribution in [-0.2, 0) is 14.8 Å². The Balaban J connectivity index is 1.70. The molecule has 1 aliphatic carbocycles.